The molecule has 0 saturated heterocycles. The minimum atomic E-state index is -5.16. The van der Waals surface area contributed by atoms with Crippen LogP contribution in [-0.4, -0.2) is 49.9 Å². The zero-order chi connectivity index (χ0) is 32.9. The van der Waals surface area contributed by atoms with Crippen LogP contribution in [0.2, 0.25) is 58.9 Å². The van der Waals surface area contributed by atoms with Gasteiger partial charge < -0.3 is 17.8 Å². The lowest BCUT2D eigenvalue weighted by Crippen LogP contribution is -2.29. The molecule has 0 atom stereocenters. The highest BCUT2D eigenvalue weighted by Gasteiger charge is 2.31. The molecule has 0 aromatic heterocycles. The Kier molecular flexibility index (Phi) is 12.2. The summed E-state index contributed by atoms with van der Waals surface area (Å²) in [6.45, 7) is 19.9. The molecule has 14 heteroatoms. The summed E-state index contributed by atoms with van der Waals surface area (Å²) < 4.78 is 79.6. The first-order chi connectivity index (χ1) is 19.4. The Morgan fingerprint density at radius 3 is 0.953 bits per heavy atom. The van der Waals surface area contributed by atoms with Crippen molar-refractivity contribution in [3.05, 3.63) is 72.8 Å². The van der Waals surface area contributed by atoms with Gasteiger partial charge in [-0.15, -0.1) is 0 Å². The molecule has 0 amide bonds. The Hall–Kier alpha value is -2.24. The van der Waals surface area contributed by atoms with Gasteiger partial charge in [0.15, 0.2) is 14.7 Å². The quantitative estimate of drug-likeness (QED) is 0.121. The summed E-state index contributed by atoms with van der Waals surface area (Å²) in [7, 11) is -10.3. The van der Waals surface area contributed by atoms with Crippen molar-refractivity contribution >= 4 is 46.0 Å². The second-order valence-corrected chi connectivity index (χ2v) is 29.4. The maximum atomic E-state index is 11.0. The smallest absolute Gasteiger partial charge is 0.401 e. The van der Waals surface area contributed by atoms with Crippen LogP contribution in [0, 0.1) is 0 Å². The third-order valence-electron chi connectivity index (χ3n) is 4.79. The molecule has 0 N–H and O–H groups in total. The fourth-order valence-electron chi connectivity index (χ4n) is 3.60. The maximum absolute atomic E-state index is 11.0. The van der Waals surface area contributed by atoms with Gasteiger partial charge in [0.25, 0.3) is 0 Å². The predicted molar refractivity (Wildman–Crippen MR) is 174 cm³/mol. The lowest BCUT2D eigenvalue weighted by atomic mass is 10.3. The van der Waals surface area contributed by atoms with E-state index in [1.165, 1.54) is 14.7 Å². The van der Waals surface area contributed by atoms with Crippen molar-refractivity contribution in [3.8, 4) is 17.2 Å². The zero-order valence-electron chi connectivity index (χ0n) is 26.0. The Balaban J connectivity index is 0.000000621. The Labute approximate surface area is 260 Å². The molecular weight excluding hydrogens is 650 g/mol. The van der Waals surface area contributed by atoms with Gasteiger partial charge in [0.1, 0.15) is 33.1 Å². The number of rotatable bonds is 10. The number of halogens is 3. The van der Waals surface area contributed by atoms with E-state index in [-0.39, 0.29) is 10.9 Å². The van der Waals surface area contributed by atoms with Crippen molar-refractivity contribution in [1.29, 1.82) is 0 Å². The molecule has 3 rings (SSSR count). The van der Waals surface area contributed by atoms with Crippen LogP contribution in [0.4, 0.5) is 13.2 Å². The molecule has 0 bridgehead atoms. The van der Waals surface area contributed by atoms with E-state index in [2.05, 4.69) is 132 Å². The Bertz CT molecular complexity index is 1270. The van der Waals surface area contributed by atoms with E-state index in [1.54, 1.807) is 0 Å². The van der Waals surface area contributed by atoms with Gasteiger partial charge in [-0.25, -0.2) is 8.42 Å². The first-order valence-electron chi connectivity index (χ1n) is 13.5. The molecule has 0 aliphatic carbocycles. The van der Waals surface area contributed by atoms with Gasteiger partial charge >= 0.3 is 6.18 Å². The molecule has 43 heavy (non-hydrogen) atoms. The van der Waals surface area contributed by atoms with Gasteiger partial charge in [-0.1, -0.05) is 0 Å². The molecule has 6 nitrogen and oxygen atoms in total. The molecule has 0 fully saturated rings. The van der Waals surface area contributed by atoms with E-state index < -0.39 is 47.0 Å². The molecule has 0 spiro atoms. The maximum Gasteiger partial charge on any atom is 0.401 e. The first kappa shape index (κ1) is 36.9. The molecule has 0 aliphatic rings. The van der Waals surface area contributed by atoms with Gasteiger partial charge in [0, 0.05) is 0 Å². The van der Waals surface area contributed by atoms with Crippen LogP contribution in [0.25, 0.3) is 0 Å². The molecule has 3 aromatic rings. The van der Waals surface area contributed by atoms with Crippen LogP contribution in [-0.2, 0) is 21.0 Å². The van der Waals surface area contributed by atoms with Crippen molar-refractivity contribution in [1.82, 2.24) is 0 Å². The largest absolute Gasteiger partial charge is 0.748 e. The Morgan fingerprint density at radius 2 is 0.814 bits per heavy atom. The minimum absolute atomic E-state index is 0.242. The molecule has 0 saturated carbocycles. The zero-order valence-corrected chi connectivity index (χ0v) is 30.7. The van der Waals surface area contributed by atoms with Crippen molar-refractivity contribution < 1.29 is 39.4 Å². The van der Waals surface area contributed by atoms with E-state index in [0.29, 0.717) is 0 Å². The van der Waals surface area contributed by atoms with E-state index in [4.69, 9.17) is 13.3 Å². The average molecular weight is 691 g/mol. The van der Waals surface area contributed by atoms with Crippen LogP contribution in [0.3, 0.4) is 0 Å². The predicted octanol–water partition coefficient (Wildman–Crippen LogP) is 8.52. The highest BCUT2D eigenvalue weighted by atomic mass is 32.2. The summed E-state index contributed by atoms with van der Waals surface area (Å²) >= 11 is 0. The van der Waals surface area contributed by atoms with Gasteiger partial charge in [-0.2, -0.15) is 13.2 Å². The average Bonchev–Trinajstić information content (AvgIpc) is 2.78. The van der Waals surface area contributed by atoms with E-state index >= 15 is 0 Å². The van der Waals surface area contributed by atoms with Gasteiger partial charge in [0.05, 0.1) is 10.9 Å². The third-order valence-corrected chi connectivity index (χ3v) is 10.2. The molecule has 0 aliphatic heterocycles. The van der Waals surface area contributed by atoms with Crippen LogP contribution in [0.5, 0.6) is 17.2 Å². The summed E-state index contributed by atoms with van der Waals surface area (Å²) in [6.07, 6.45) is -4.92. The number of hydrogen-bond acceptors (Lipinski definition) is 6. The van der Waals surface area contributed by atoms with Gasteiger partial charge in [0.2, 0.25) is 25.0 Å². The first-order valence-corrected chi connectivity index (χ1v) is 26.5. The number of hydrogen-bond donors (Lipinski definition) is 0. The Morgan fingerprint density at radius 1 is 0.581 bits per heavy atom. The SMILES string of the molecule is C[Si](C)(C)Oc1ccc([S+](c2ccc(O[Si](C)(C)C)cc2)c2ccc(O[Si](C)(C)C)cc2)cc1.O=S(=O)([O-])CC(F)(F)F. The van der Waals surface area contributed by atoms with E-state index in [1.807, 2.05) is 0 Å². The summed E-state index contributed by atoms with van der Waals surface area (Å²) in [5.74, 6) is 0.553. The van der Waals surface area contributed by atoms with Crippen LogP contribution < -0.4 is 13.3 Å². The van der Waals surface area contributed by atoms with Crippen molar-refractivity contribution in [2.75, 3.05) is 5.75 Å². The normalized spacial score (nSPS) is 12.8. The van der Waals surface area contributed by atoms with E-state index in [9.17, 15) is 26.1 Å². The molecule has 0 unspecified atom stereocenters. The fraction of sp³-hybridized carbons (Fsp3) is 0.379. The molecule has 0 radical (unpaired) electrons. The summed E-state index contributed by atoms with van der Waals surface area (Å²) in [5, 5.41) is 0. The van der Waals surface area contributed by atoms with Crippen molar-refractivity contribution in [2.24, 2.45) is 0 Å². The minimum Gasteiger partial charge on any atom is -0.748 e. The van der Waals surface area contributed by atoms with Crippen molar-refractivity contribution in [3.63, 3.8) is 0 Å². The molecular formula is C29H41F3O6S2Si3. The molecule has 3 aromatic carbocycles. The second kappa shape index (κ2) is 14.2. The monoisotopic (exact) mass is 690 g/mol. The topological polar surface area (TPSA) is 84.9 Å². The molecule has 0 heterocycles. The third kappa shape index (κ3) is 15.4. The van der Waals surface area contributed by atoms with Crippen LogP contribution in [0.15, 0.2) is 87.5 Å². The number of benzene rings is 3. The van der Waals surface area contributed by atoms with Crippen molar-refractivity contribution in [2.45, 2.75) is 79.8 Å². The highest BCUT2D eigenvalue weighted by Crippen LogP contribution is 2.35. The van der Waals surface area contributed by atoms with Gasteiger partial charge in [-0.05, 0) is 132 Å². The van der Waals surface area contributed by atoms with Crippen LogP contribution in [0.1, 0.15) is 0 Å². The summed E-state index contributed by atoms with van der Waals surface area (Å²) in [5.41, 5.74) is 0. The standard InChI is InChI=1S/C27H39O3SSi3.C2H3F3O3S/c1-32(2,3)28-22-10-16-25(17-11-22)31(26-18-12-23(13-19-26)29-33(4,5)6)27-20-14-24(15-21-27)30-34(7,8)9;3-2(4,5)1-9(6,7)8/h10-21H,1-9H3;1H2,(H,6,7,8)/q+1;/p-1. The second-order valence-electron chi connectivity index (χ2n) is 12.7. The lowest BCUT2D eigenvalue weighted by molar-refractivity contribution is -0.107. The van der Waals surface area contributed by atoms with Crippen LogP contribution >= 0.6 is 0 Å². The highest BCUT2D eigenvalue weighted by molar-refractivity contribution is 7.97. The summed E-state index contributed by atoms with van der Waals surface area (Å²) in [6, 6.07) is 25.9. The molecule has 238 valence electrons. The lowest BCUT2D eigenvalue weighted by Gasteiger charge is -2.20. The summed E-state index contributed by atoms with van der Waals surface area (Å²) in [4.78, 5) is 3.79. The number of alkyl halides is 3. The fourth-order valence-corrected chi connectivity index (χ4v) is 8.57. The van der Waals surface area contributed by atoms with E-state index in [0.717, 1.165) is 17.2 Å². The van der Waals surface area contributed by atoms with Gasteiger partial charge in [-0.3, -0.25) is 0 Å².